The summed E-state index contributed by atoms with van der Waals surface area (Å²) >= 11 is 0. The molecule has 1 aromatic heterocycles. The number of rotatable bonds is 4. The highest BCUT2D eigenvalue weighted by atomic mass is 28.2. The number of hydrogen-bond donors (Lipinski definition) is 0. The summed E-state index contributed by atoms with van der Waals surface area (Å²) < 4.78 is 2.48. The fourth-order valence-electron chi connectivity index (χ4n) is 2.66. The Morgan fingerprint density at radius 2 is 1.44 bits per heavy atom. The van der Waals surface area contributed by atoms with Crippen LogP contribution in [0.5, 0.6) is 0 Å². The van der Waals surface area contributed by atoms with E-state index in [4.69, 9.17) is 0 Å². The van der Waals surface area contributed by atoms with Gasteiger partial charge in [0.1, 0.15) is 0 Å². The van der Waals surface area contributed by atoms with Gasteiger partial charge in [0.05, 0.1) is 0 Å². The predicted octanol–water partition coefficient (Wildman–Crippen LogP) is 4.36. The van der Waals surface area contributed by atoms with Gasteiger partial charge in [0.2, 0.25) is 0 Å². The van der Waals surface area contributed by atoms with Gasteiger partial charge >= 0.3 is 0 Å². The van der Waals surface area contributed by atoms with E-state index in [-0.39, 0.29) is 0 Å². The molecule has 0 aliphatic rings. The molecule has 1 heterocycles. The number of nitrogens with zero attached hydrogens (tertiary/aromatic N) is 1. The summed E-state index contributed by atoms with van der Waals surface area (Å²) in [5, 5.41) is 2.76. The van der Waals surface area contributed by atoms with Gasteiger partial charge < -0.3 is 4.57 Å². The first-order valence-electron chi connectivity index (χ1n) is 6.52. The topological polar surface area (TPSA) is 4.93 Å². The Balaban J connectivity index is 2.18. The monoisotopic (exact) mass is 251 g/mol. The van der Waals surface area contributed by atoms with Crippen LogP contribution in [0, 0.1) is 0 Å². The molecule has 0 atom stereocenters. The zero-order valence-electron chi connectivity index (χ0n) is 10.7. The Morgan fingerprint density at radius 1 is 0.889 bits per heavy atom. The normalized spacial score (nSPS) is 11.4. The van der Waals surface area contributed by atoms with E-state index in [9.17, 15) is 0 Å². The molecule has 2 heteroatoms. The van der Waals surface area contributed by atoms with Crippen LogP contribution in [0.15, 0.2) is 48.5 Å². The maximum Gasteiger partial charge on any atom is 0.0491 e. The van der Waals surface area contributed by atoms with Crippen molar-refractivity contribution in [3.63, 3.8) is 0 Å². The lowest BCUT2D eigenvalue weighted by molar-refractivity contribution is 0.721. The molecule has 0 saturated heterocycles. The molecule has 3 aromatic rings. The predicted molar refractivity (Wildman–Crippen MR) is 80.5 cm³/mol. The third-order valence-corrected chi connectivity index (χ3v) is 4.34. The number of hydrogen-bond acceptors (Lipinski definition) is 0. The van der Waals surface area contributed by atoms with Crippen LogP contribution in [-0.4, -0.2) is 14.1 Å². The van der Waals surface area contributed by atoms with E-state index in [1.54, 1.807) is 0 Å². The molecule has 2 aromatic carbocycles. The zero-order valence-corrected chi connectivity index (χ0v) is 11.7. The molecule has 0 amide bonds. The molecular formula is C16H17NSi. The molecule has 2 radical (unpaired) electrons. The summed E-state index contributed by atoms with van der Waals surface area (Å²) in [6.45, 7) is 3.42. The van der Waals surface area contributed by atoms with E-state index in [2.05, 4.69) is 59.6 Å². The summed E-state index contributed by atoms with van der Waals surface area (Å²) in [7, 11) is 1.06. The van der Waals surface area contributed by atoms with E-state index in [1.807, 2.05) is 0 Å². The molecule has 0 saturated carbocycles. The molecule has 3 rings (SSSR count). The number of fused-ring (bicyclic) bond motifs is 3. The van der Waals surface area contributed by atoms with Crippen LogP contribution in [0.4, 0.5) is 0 Å². The van der Waals surface area contributed by atoms with E-state index < -0.39 is 0 Å². The Morgan fingerprint density at radius 3 is 2.00 bits per heavy atom. The lowest BCUT2D eigenvalue weighted by Gasteiger charge is -2.06. The number of para-hydroxylation sites is 2. The molecule has 0 aliphatic heterocycles. The lowest BCUT2D eigenvalue weighted by atomic mass is 10.2. The fraction of sp³-hybridized carbons (Fsp3) is 0.250. The van der Waals surface area contributed by atoms with Crippen molar-refractivity contribution in [2.75, 3.05) is 0 Å². The van der Waals surface area contributed by atoms with Gasteiger partial charge in [-0.25, -0.2) is 0 Å². The van der Waals surface area contributed by atoms with Crippen LogP contribution in [-0.2, 0) is 6.54 Å². The first-order valence-corrected chi connectivity index (χ1v) is 8.23. The standard InChI is InChI=1S/C16H17NSi/c1-18-12-6-11-17-15-9-4-2-7-13(15)14-8-3-5-10-16(14)17/h2-5,7-10H,6,11-12H2,1H3. The summed E-state index contributed by atoms with van der Waals surface area (Å²) in [5.74, 6) is 0. The first-order chi connectivity index (χ1) is 8.92. The van der Waals surface area contributed by atoms with E-state index in [0.29, 0.717) is 0 Å². The van der Waals surface area contributed by atoms with Crippen molar-refractivity contribution in [2.45, 2.75) is 25.6 Å². The van der Waals surface area contributed by atoms with Crippen molar-refractivity contribution in [3.8, 4) is 0 Å². The molecule has 0 aliphatic carbocycles. The van der Waals surface area contributed by atoms with E-state index in [0.717, 1.165) is 16.1 Å². The summed E-state index contributed by atoms with van der Waals surface area (Å²) in [4.78, 5) is 0. The highest BCUT2D eigenvalue weighted by Crippen LogP contribution is 2.28. The highest BCUT2D eigenvalue weighted by Gasteiger charge is 2.08. The summed E-state index contributed by atoms with van der Waals surface area (Å²) in [6, 6.07) is 18.8. The van der Waals surface area contributed by atoms with Gasteiger partial charge in [-0.05, 0) is 18.6 Å². The number of benzene rings is 2. The SMILES string of the molecule is C[Si]CCCn1c2ccccc2c2ccccc21. The van der Waals surface area contributed by atoms with E-state index in [1.165, 1.54) is 34.3 Å². The van der Waals surface area contributed by atoms with Crippen molar-refractivity contribution in [1.29, 1.82) is 0 Å². The van der Waals surface area contributed by atoms with Crippen molar-refractivity contribution >= 4 is 31.3 Å². The third kappa shape index (κ3) is 1.87. The van der Waals surface area contributed by atoms with Gasteiger partial charge in [-0.15, -0.1) is 0 Å². The minimum atomic E-state index is 1.06. The Hall–Kier alpha value is -1.54. The Kier molecular flexibility index (Phi) is 3.20. The highest BCUT2D eigenvalue weighted by molar-refractivity contribution is 6.33. The van der Waals surface area contributed by atoms with E-state index >= 15 is 0 Å². The van der Waals surface area contributed by atoms with Gasteiger partial charge in [0.25, 0.3) is 0 Å². The van der Waals surface area contributed by atoms with Crippen LogP contribution in [0.3, 0.4) is 0 Å². The number of aryl methyl sites for hydroxylation is 1. The summed E-state index contributed by atoms with van der Waals surface area (Å²) in [5.41, 5.74) is 2.75. The van der Waals surface area contributed by atoms with Crippen molar-refractivity contribution in [2.24, 2.45) is 0 Å². The van der Waals surface area contributed by atoms with Gasteiger partial charge in [0, 0.05) is 37.9 Å². The zero-order chi connectivity index (χ0) is 12.4. The van der Waals surface area contributed by atoms with Gasteiger partial charge in [-0.3, -0.25) is 0 Å². The molecule has 0 unspecified atom stereocenters. The smallest absolute Gasteiger partial charge is 0.0491 e. The molecular weight excluding hydrogens is 234 g/mol. The Bertz CT molecular complexity index is 616. The molecule has 18 heavy (non-hydrogen) atoms. The maximum absolute atomic E-state index is 2.48. The van der Waals surface area contributed by atoms with Crippen LogP contribution >= 0.6 is 0 Å². The van der Waals surface area contributed by atoms with Crippen molar-refractivity contribution in [1.82, 2.24) is 4.57 Å². The maximum atomic E-state index is 2.48. The van der Waals surface area contributed by atoms with Crippen molar-refractivity contribution in [3.05, 3.63) is 48.5 Å². The molecule has 90 valence electrons. The molecule has 1 nitrogen and oxygen atoms in total. The van der Waals surface area contributed by atoms with Gasteiger partial charge in [-0.2, -0.15) is 0 Å². The second-order valence-corrected chi connectivity index (χ2v) is 5.85. The van der Waals surface area contributed by atoms with Crippen LogP contribution in [0.1, 0.15) is 6.42 Å². The summed E-state index contributed by atoms with van der Waals surface area (Å²) in [6.07, 6.45) is 1.28. The molecule has 0 N–H and O–H groups in total. The average Bonchev–Trinajstić information content (AvgIpc) is 2.74. The second kappa shape index (κ2) is 4.98. The first kappa shape index (κ1) is 11.5. The fourth-order valence-corrected chi connectivity index (χ4v) is 3.17. The van der Waals surface area contributed by atoms with Crippen LogP contribution < -0.4 is 0 Å². The molecule has 0 spiro atoms. The minimum absolute atomic E-state index is 1.06. The minimum Gasteiger partial charge on any atom is -0.340 e. The second-order valence-electron chi connectivity index (χ2n) is 4.64. The van der Waals surface area contributed by atoms with Crippen LogP contribution in [0.2, 0.25) is 12.6 Å². The quantitative estimate of drug-likeness (QED) is 0.480. The van der Waals surface area contributed by atoms with Gasteiger partial charge in [-0.1, -0.05) is 49.0 Å². The largest absolute Gasteiger partial charge is 0.340 e. The molecule has 0 bridgehead atoms. The Labute approximate surface area is 110 Å². The third-order valence-electron chi connectivity index (χ3n) is 3.49. The molecule has 0 fully saturated rings. The number of aromatic nitrogens is 1. The van der Waals surface area contributed by atoms with Gasteiger partial charge in [0.15, 0.2) is 0 Å². The average molecular weight is 251 g/mol. The van der Waals surface area contributed by atoms with Crippen LogP contribution in [0.25, 0.3) is 21.8 Å². The lowest BCUT2D eigenvalue weighted by Crippen LogP contribution is -1.98. The van der Waals surface area contributed by atoms with Crippen molar-refractivity contribution < 1.29 is 0 Å².